The highest BCUT2D eigenvalue weighted by Gasteiger charge is 2.12. The zero-order valence-electron chi connectivity index (χ0n) is 17.8. The quantitative estimate of drug-likeness (QED) is 0.177. The van der Waals surface area contributed by atoms with Crippen LogP contribution in [0, 0.1) is 0 Å². The van der Waals surface area contributed by atoms with Crippen LogP contribution in [0.15, 0.2) is 121 Å². The number of anilines is 3. The van der Waals surface area contributed by atoms with Gasteiger partial charge in [0.25, 0.3) is 0 Å². The molecule has 0 aromatic heterocycles. The standard InChI is InChI=1S/C28H23NO3/c1-21(2)28(30)32-27-19-17-26(18-20-27)31-25-15-13-24(14-16-25)29(22-9-5-3-6-10-22)23-11-7-4-8-12-23/h3-20H,1H2,2H3. The lowest BCUT2D eigenvalue weighted by Crippen LogP contribution is -2.09. The van der Waals surface area contributed by atoms with E-state index in [1.54, 1.807) is 31.2 Å². The van der Waals surface area contributed by atoms with Gasteiger partial charge in [0.15, 0.2) is 0 Å². The molecule has 4 aromatic rings. The summed E-state index contributed by atoms with van der Waals surface area (Å²) < 4.78 is 11.2. The highest BCUT2D eigenvalue weighted by Crippen LogP contribution is 2.35. The summed E-state index contributed by atoms with van der Waals surface area (Å²) in [4.78, 5) is 13.8. The summed E-state index contributed by atoms with van der Waals surface area (Å²) in [5.74, 6) is 1.36. The Morgan fingerprint density at radius 2 is 1.03 bits per heavy atom. The zero-order valence-corrected chi connectivity index (χ0v) is 17.8. The van der Waals surface area contributed by atoms with Crippen molar-refractivity contribution in [3.63, 3.8) is 0 Å². The summed E-state index contributed by atoms with van der Waals surface area (Å²) in [6, 6.07) is 35.3. The van der Waals surface area contributed by atoms with Crippen molar-refractivity contribution >= 4 is 23.0 Å². The van der Waals surface area contributed by atoms with Crippen LogP contribution in [0.5, 0.6) is 17.2 Å². The molecule has 0 heterocycles. The van der Waals surface area contributed by atoms with E-state index in [4.69, 9.17) is 9.47 Å². The van der Waals surface area contributed by atoms with Crippen molar-refractivity contribution in [1.82, 2.24) is 0 Å². The SMILES string of the molecule is C=C(C)C(=O)Oc1ccc(Oc2ccc(N(c3ccccc3)c3ccccc3)cc2)cc1. The van der Waals surface area contributed by atoms with E-state index in [-0.39, 0.29) is 0 Å². The predicted molar refractivity (Wildman–Crippen MR) is 128 cm³/mol. The number of carbonyl (C=O) groups excluding carboxylic acids is 1. The lowest BCUT2D eigenvalue weighted by Gasteiger charge is -2.25. The minimum absolute atomic E-state index is 0.352. The van der Waals surface area contributed by atoms with Crippen LogP contribution >= 0.6 is 0 Å². The van der Waals surface area contributed by atoms with Crippen LogP contribution in [0.25, 0.3) is 0 Å². The van der Waals surface area contributed by atoms with E-state index >= 15 is 0 Å². The molecule has 0 aliphatic rings. The van der Waals surface area contributed by atoms with E-state index in [9.17, 15) is 4.79 Å². The third kappa shape index (κ3) is 5.05. The minimum Gasteiger partial charge on any atom is -0.457 e. The van der Waals surface area contributed by atoms with Gasteiger partial charge in [-0.15, -0.1) is 0 Å². The van der Waals surface area contributed by atoms with Crippen LogP contribution in [0.1, 0.15) is 6.92 Å². The van der Waals surface area contributed by atoms with Crippen molar-refractivity contribution in [3.05, 3.63) is 121 Å². The van der Waals surface area contributed by atoms with Crippen LogP contribution in [-0.4, -0.2) is 5.97 Å². The number of hydrogen-bond acceptors (Lipinski definition) is 4. The molecule has 0 saturated carbocycles. The lowest BCUT2D eigenvalue weighted by molar-refractivity contribution is -0.130. The molecule has 0 spiro atoms. The van der Waals surface area contributed by atoms with E-state index in [0.29, 0.717) is 22.8 Å². The largest absolute Gasteiger partial charge is 0.457 e. The minimum atomic E-state index is -0.448. The second-order valence-corrected chi connectivity index (χ2v) is 7.24. The van der Waals surface area contributed by atoms with Gasteiger partial charge in [-0.25, -0.2) is 4.79 Å². The third-order valence-corrected chi connectivity index (χ3v) is 4.74. The van der Waals surface area contributed by atoms with Crippen molar-refractivity contribution in [3.8, 4) is 17.2 Å². The highest BCUT2D eigenvalue weighted by molar-refractivity contribution is 5.88. The maximum absolute atomic E-state index is 11.6. The molecule has 0 aliphatic heterocycles. The lowest BCUT2D eigenvalue weighted by atomic mass is 10.2. The molecule has 0 unspecified atom stereocenters. The molecular weight excluding hydrogens is 398 g/mol. The van der Waals surface area contributed by atoms with E-state index in [1.165, 1.54) is 0 Å². The first-order valence-electron chi connectivity index (χ1n) is 10.3. The average molecular weight is 421 g/mol. The molecule has 4 nitrogen and oxygen atoms in total. The van der Waals surface area contributed by atoms with Gasteiger partial charge < -0.3 is 14.4 Å². The fourth-order valence-electron chi connectivity index (χ4n) is 3.17. The van der Waals surface area contributed by atoms with Crippen LogP contribution < -0.4 is 14.4 Å². The summed E-state index contributed by atoms with van der Waals surface area (Å²) in [7, 11) is 0. The number of carbonyl (C=O) groups is 1. The molecular formula is C28H23NO3. The van der Waals surface area contributed by atoms with Gasteiger partial charge in [0, 0.05) is 22.6 Å². The summed E-state index contributed by atoms with van der Waals surface area (Å²) >= 11 is 0. The van der Waals surface area contributed by atoms with E-state index < -0.39 is 5.97 Å². The second-order valence-electron chi connectivity index (χ2n) is 7.24. The molecule has 0 atom stereocenters. The second kappa shape index (κ2) is 9.67. The van der Waals surface area contributed by atoms with Crippen molar-refractivity contribution < 1.29 is 14.3 Å². The van der Waals surface area contributed by atoms with Crippen molar-refractivity contribution in [1.29, 1.82) is 0 Å². The van der Waals surface area contributed by atoms with Crippen LogP contribution in [0.4, 0.5) is 17.1 Å². The normalized spacial score (nSPS) is 10.3. The first kappa shape index (κ1) is 20.9. The Labute approximate surface area is 188 Å². The Bertz CT molecular complexity index is 1150. The van der Waals surface area contributed by atoms with Crippen LogP contribution in [0.3, 0.4) is 0 Å². The number of esters is 1. The maximum Gasteiger partial charge on any atom is 0.338 e. The van der Waals surface area contributed by atoms with Crippen LogP contribution in [0.2, 0.25) is 0 Å². The smallest absolute Gasteiger partial charge is 0.338 e. The van der Waals surface area contributed by atoms with Gasteiger partial charge in [-0.3, -0.25) is 0 Å². The number of rotatable bonds is 7. The molecule has 4 aromatic carbocycles. The van der Waals surface area contributed by atoms with Gasteiger partial charge >= 0.3 is 5.97 Å². The fourth-order valence-corrected chi connectivity index (χ4v) is 3.17. The van der Waals surface area contributed by atoms with Gasteiger partial charge in [0.05, 0.1) is 0 Å². The molecule has 0 saturated heterocycles. The first-order valence-corrected chi connectivity index (χ1v) is 10.3. The average Bonchev–Trinajstić information content (AvgIpc) is 2.83. The van der Waals surface area contributed by atoms with Crippen molar-refractivity contribution in [2.45, 2.75) is 6.92 Å². The Kier molecular flexibility index (Phi) is 6.33. The number of hydrogen-bond donors (Lipinski definition) is 0. The number of benzene rings is 4. The highest BCUT2D eigenvalue weighted by atomic mass is 16.5. The number of para-hydroxylation sites is 2. The zero-order chi connectivity index (χ0) is 22.3. The van der Waals surface area contributed by atoms with Gasteiger partial charge in [-0.05, 0) is 79.7 Å². The van der Waals surface area contributed by atoms with Gasteiger partial charge in [0.1, 0.15) is 17.2 Å². The summed E-state index contributed by atoms with van der Waals surface area (Å²) in [5.41, 5.74) is 3.53. The fraction of sp³-hybridized carbons (Fsp3) is 0.0357. The third-order valence-electron chi connectivity index (χ3n) is 4.74. The molecule has 0 fully saturated rings. The topological polar surface area (TPSA) is 38.8 Å². The van der Waals surface area contributed by atoms with Gasteiger partial charge in [-0.1, -0.05) is 43.0 Å². The molecule has 0 amide bonds. The van der Waals surface area contributed by atoms with Crippen molar-refractivity contribution in [2.75, 3.05) is 4.90 Å². The Morgan fingerprint density at radius 1 is 0.625 bits per heavy atom. The number of nitrogens with zero attached hydrogens (tertiary/aromatic N) is 1. The Balaban J connectivity index is 1.52. The monoisotopic (exact) mass is 421 g/mol. The maximum atomic E-state index is 11.6. The molecule has 0 radical (unpaired) electrons. The van der Waals surface area contributed by atoms with E-state index in [2.05, 4.69) is 35.7 Å². The number of ether oxygens (including phenoxy) is 2. The molecule has 32 heavy (non-hydrogen) atoms. The Hall–Kier alpha value is -4.31. The molecule has 4 rings (SSSR count). The summed E-state index contributed by atoms with van der Waals surface area (Å²) in [6.45, 7) is 5.19. The molecule has 0 bridgehead atoms. The summed E-state index contributed by atoms with van der Waals surface area (Å²) in [5, 5.41) is 0. The van der Waals surface area contributed by atoms with Crippen LogP contribution in [-0.2, 0) is 4.79 Å². The van der Waals surface area contributed by atoms with E-state index in [1.807, 2.05) is 60.7 Å². The van der Waals surface area contributed by atoms with Crippen molar-refractivity contribution in [2.24, 2.45) is 0 Å². The molecule has 0 aliphatic carbocycles. The summed E-state index contributed by atoms with van der Waals surface area (Å²) in [6.07, 6.45) is 0. The molecule has 158 valence electrons. The van der Waals surface area contributed by atoms with E-state index in [0.717, 1.165) is 17.1 Å². The predicted octanol–water partition coefficient (Wildman–Crippen LogP) is 7.43. The molecule has 0 N–H and O–H groups in total. The molecule has 4 heteroatoms. The first-order chi connectivity index (χ1) is 15.6. The van der Waals surface area contributed by atoms with Gasteiger partial charge in [-0.2, -0.15) is 0 Å². The van der Waals surface area contributed by atoms with Gasteiger partial charge in [0.2, 0.25) is 0 Å². The Morgan fingerprint density at radius 3 is 1.50 bits per heavy atom.